The van der Waals surface area contributed by atoms with E-state index in [1.54, 1.807) is 23.6 Å². The third-order valence-corrected chi connectivity index (χ3v) is 3.20. The van der Waals surface area contributed by atoms with E-state index in [1.807, 2.05) is 0 Å². The maximum Gasteiger partial charge on any atom is 0.308 e. The van der Waals surface area contributed by atoms with Crippen molar-refractivity contribution >= 4 is 21.6 Å². The summed E-state index contributed by atoms with van der Waals surface area (Å²) in [5.74, 6) is -0.269. The van der Waals surface area contributed by atoms with Crippen molar-refractivity contribution in [3.63, 3.8) is 0 Å². The Hall–Kier alpha value is -1.42. The first-order valence-corrected chi connectivity index (χ1v) is 5.35. The number of nitrogens with zero attached hydrogens (tertiary/aromatic N) is 1. The average molecular weight is 223 g/mol. The van der Waals surface area contributed by atoms with E-state index < -0.39 is 0 Å². The highest BCUT2D eigenvalue weighted by Crippen LogP contribution is 2.21. The number of thiazole rings is 1. The van der Waals surface area contributed by atoms with Crippen molar-refractivity contribution in [2.45, 2.75) is 13.5 Å². The first-order valence-electron chi connectivity index (χ1n) is 4.54. The van der Waals surface area contributed by atoms with Crippen molar-refractivity contribution in [3.05, 3.63) is 45.8 Å². The first-order chi connectivity index (χ1) is 7.13. The molecule has 0 saturated heterocycles. The van der Waals surface area contributed by atoms with E-state index in [0.717, 1.165) is 16.9 Å². The summed E-state index contributed by atoms with van der Waals surface area (Å²) in [5, 5.41) is 0. The highest BCUT2D eigenvalue weighted by atomic mass is 32.1. The van der Waals surface area contributed by atoms with Crippen LogP contribution < -0.4 is 4.87 Å². The van der Waals surface area contributed by atoms with Gasteiger partial charge < -0.3 is 0 Å². The zero-order valence-corrected chi connectivity index (χ0v) is 9.10. The zero-order chi connectivity index (χ0) is 11.0. The molecule has 2 rings (SSSR count). The minimum absolute atomic E-state index is 0.0742. The summed E-state index contributed by atoms with van der Waals surface area (Å²) in [7, 11) is 0. The second-order valence-electron chi connectivity index (χ2n) is 3.34. The standard InChI is InChI=1S/C11H10FNOS/c1-3-4-13-9-5-7(2)8(12)6-10(9)15-11(13)14/h3,5-6H,1,4H2,2H3. The van der Waals surface area contributed by atoms with Crippen molar-refractivity contribution in [2.75, 3.05) is 0 Å². The molecule has 2 aromatic rings. The third kappa shape index (κ3) is 1.61. The molecule has 15 heavy (non-hydrogen) atoms. The molecule has 0 atom stereocenters. The Morgan fingerprint density at radius 3 is 3.00 bits per heavy atom. The lowest BCUT2D eigenvalue weighted by atomic mass is 10.2. The van der Waals surface area contributed by atoms with E-state index in [9.17, 15) is 9.18 Å². The summed E-state index contributed by atoms with van der Waals surface area (Å²) < 4.78 is 15.5. The van der Waals surface area contributed by atoms with E-state index in [0.29, 0.717) is 16.8 Å². The van der Waals surface area contributed by atoms with Crippen molar-refractivity contribution in [1.29, 1.82) is 0 Å². The van der Waals surface area contributed by atoms with Gasteiger partial charge in [0.05, 0.1) is 10.2 Å². The molecule has 0 aliphatic carbocycles. The zero-order valence-electron chi connectivity index (χ0n) is 8.29. The van der Waals surface area contributed by atoms with Gasteiger partial charge in [0.1, 0.15) is 5.82 Å². The van der Waals surface area contributed by atoms with Gasteiger partial charge in [-0.3, -0.25) is 9.36 Å². The normalized spacial score (nSPS) is 10.8. The molecule has 0 spiro atoms. The monoisotopic (exact) mass is 223 g/mol. The van der Waals surface area contributed by atoms with E-state index >= 15 is 0 Å². The maximum absolute atomic E-state index is 13.3. The molecule has 0 unspecified atom stereocenters. The number of aryl methyl sites for hydroxylation is 1. The highest BCUT2D eigenvalue weighted by molar-refractivity contribution is 7.16. The molecule has 1 aromatic heterocycles. The molecule has 4 heteroatoms. The van der Waals surface area contributed by atoms with Gasteiger partial charge in [-0.1, -0.05) is 17.4 Å². The van der Waals surface area contributed by atoms with Gasteiger partial charge in [0.15, 0.2) is 0 Å². The van der Waals surface area contributed by atoms with Gasteiger partial charge in [-0.15, -0.1) is 6.58 Å². The lowest BCUT2D eigenvalue weighted by Crippen LogP contribution is -2.11. The van der Waals surface area contributed by atoms with Gasteiger partial charge >= 0.3 is 4.87 Å². The van der Waals surface area contributed by atoms with Gasteiger partial charge in [0.25, 0.3) is 0 Å². The molecule has 0 aliphatic heterocycles. The van der Waals surface area contributed by atoms with Crippen LogP contribution in [0.1, 0.15) is 5.56 Å². The molecule has 0 amide bonds. The number of allylic oxidation sites excluding steroid dienone is 1. The molecule has 0 saturated carbocycles. The summed E-state index contributed by atoms with van der Waals surface area (Å²) in [4.78, 5) is 11.5. The number of halogens is 1. The SMILES string of the molecule is C=CCn1c(=O)sc2cc(F)c(C)cc21. The van der Waals surface area contributed by atoms with Crippen LogP contribution in [0, 0.1) is 12.7 Å². The lowest BCUT2D eigenvalue weighted by Gasteiger charge is -2.00. The van der Waals surface area contributed by atoms with Crippen LogP contribution in [-0.4, -0.2) is 4.57 Å². The first kappa shape index (κ1) is 10.1. The Morgan fingerprint density at radius 2 is 2.33 bits per heavy atom. The van der Waals surface area contributed by atoms with E-state index in [2.05, 4.69) is 6.58 Å². The topological polar surface area (TPSA) is 22.0 Å². The van der Waals surface area contributed by atoms with Crippen molar-refractivity contribution in [1.82, 2.24) is 4.57 Å². The average Bonchev–Trinajstić information content (AvgIpc) is 2.46. The predicted molar refractivity (Wildman–Crippen MR) is 61.0 cm³/mol. The number of hydrogen-bond acceptors (Lipinski definition) is 2. The molecule has 0 bridgehead atoms. The number of hydrogen-bond donors (Lipinski definition) is 0. The fourth-order valence-corrected chi connectivity index (χ4v) is 2.40. The van der Waals surface area contributed by atoms with Gasteiger partial charge in [0.2, 0.25) is 0 Å². The Kier molecular flexibility index (Phi) is 2.44. The molecule has 78 valence electrons. The summed E-state index contributed by atoms with van der Waals surface area (Å²) in [6.07, 6.45) is 1.66. The fourth-order valence-electron chi connectivity index (χ4n) is 1.49. The van der Waals surface area contributed by atoms with Gasteiger partial charge in [-0.2, -0.15) is 0 Å². The van der Waals surface area contributed by atoms with Gasteiger partial charge in [-0.25, -0.2) is 4.39 Å². The number of rotatable bonds is 2. The van der Waals surface area contributed by atoms with Crippen LogP contribution in [0.15, 0.2) is 29.6 Å². The summed E-state index contributed by atoms with van der Waals surface area (Å²) in [6, 6.07) is 3.11. The molecule has 0 fully saturated rings. The van der Waals surface area contributed by atoms with E-state index in [1.165, 1.54) is 6.07 Å². The van der Waals surface area contributed by atoms with Crippen LogP contribution in [0.25, 0.3) is 10.2 Å². The Labute approximate surface area is 90.3 Å². The quantitative estimate of drug-likeness (QED) is 0.717. The second-order valence-corrected chi connectivity index (χ2v) is 4.33. The van der Waals surface area contributed by atoms with Gasteiger partial charge in [-0.05, 0) is 24.6 Å². The molecule has 0 N–H and O–H groups in total. The molecular formula is C11H10FNOS. The number of aromatic nitrogens is 1. The largest absolute Gasteiger partial charge is 0.308 e. The van der Waals surface area contributed by atoms with Crippen LogP contribution in [0.4, 0.5) is 4.39 Å². The minimum atomic E-state index is -0.269. The Bertz CT molecular complexity index is 582. The van der Waals surface area contributed by atoms with Crippen LogP contribution in [0.3, 0.4) is 0 Å². The van der Waals surface area contributed by atoms with Crippen LogP contribution in [-0.2, 0) is 6.54 Å². The predicted octanol–water partition coefficient (Wildman–Crippen LogP) is 2.70. The maximum atomic E-state index is 13.3. The minimum Gasteiger partial charge on any atom is -0.295 e. The van der Waals surface area contributed by atoms with Crippen LogP contribution in [0.2, 0.25) is 0 Å². The molecule has 1 aromatic carbocycles. The number of benzene rings is 1. The lowest BCUT2D eigenvalue weighted by molar-refractivity contribution is 0.620. The fraction of sp³-hybridized carbons (Fsp3) is 0.182. The summed E-state index contributed by atoms with van der Waals surface area (Å²) in [5.41, 5.74) is 1.34. The van der Waals surface area contributed by atoms with Crippen molar-refractivity contribution < 1.29 is 4.39 Å². The van der Waals surface area contributed by atoms with Crippen molar-refractivity contribution in [3.8, 4) is 0 Å². The smallest absolute Gasteiger partial charge is 0.295 e. The van der Waals surface area contributed by atoms with Crippen molar-refractivity contribution in [2.24, 2.45) is 0 Å². The molecule has 0 aliphatic rings. The van der Waals surface area contributed by atoms with E-state index in [4.69, 9.17) is 0 Å². The Morgan fingerprint density at radius 1 is 1.60 bits per heavy atom. The van der Waals surface area contributed by atoms with Gasteiger partial charge in [0, 0.05) is 6.54 Å². The summed E-state index contributed by atoms with van der Waals surface area (Å²) >= 11 is 1.06. The molecule has 0 radical (unpaired) electrons. The third-order valence-electron chi connectivity index (χ3n) is 2.26. The van der Waals surface area contributed by atoms with E-state index in [-0.39, 0.29) is 10.7 Å². The Balaban J connectivity index is 2.81. The highest BCUT2D eigenvalue weighted by Gasteiger charge is 2.08. The summed E-state index contributed by atoms with van der Waals surface area (Å²) in [6.45, 7) is 5.75. The molecule has 2 nitrogen and oxygen atoms in total. The second kappa shape index (κ2) is 3.62. The van der Waals surface area contributed by atoms with Crippen LogP contribution in [0.5, 0.6) is 0 Å². The molecule has 1 heterocycles. The van der Waals surface area contributed by atoms with Crippen LogP contribution >= 0.6 is 11.3 Å². The number of fused-ring (bicyclic) bond motifs is 1. The molecular weight excluding hydrogens is 213 g/mol.